The van der Waals surface area contributed by atoms with Crippen molar-refractivity contribution < 1.29 is 14.3 Å². The number of halogens is 1. The molecule has 0 aromatic heterocycles. The summed E-state index contributed by atoms with van der Waals surface area (Å²) in [6.45, 7) is 6.46. The topological polar surface area (TPSA) is 66.4 Å². The summed E-state index contributed by atoms with van der Waals surface area (Å²) in [6, 6.07) is 0. The lowest BCUT2D eigenvalue weighted by Crippen LogP contribution is -2.55. The molecule has 24 heavy (non-hydrogen) atoms. The first-order chi connectivity index (χ1) is 11.3. The molecular weight excluding hydrogens is 423 g/mol. The number of aliphatic imine (C=N–C) groups is 1. The molecule has 2 atom stereocenters. The monoisotopic (exact) mass is 452 g/mol. The van der Waals surface area contributed by atoms with Crippen LogP contribution in [0.5, 0.6) is 0 Å². The predicted molar refractivity (Wildman–Crippen MR) is 103 cm³/mol. The van der Waals surface area contributed by atoms with Crippen molar-refractivity contribution in [3.05, 3.63) is 0 Å². The number of rotatable bonds is 3. The highest BCUT2D eigenvalue weighted by Crippen LogP contribution is 2.16. The second-order valence-electron chi connectivity index (χ2n) is 6.47. The molecule has 3 heterocycles. The summed E-state index contributed by atoms with van der Waals surface area (Å²) in [5.74, 6) is 1.67. The normalized spacial score (nSPS) is 28.0. The van der Waals surface area contributed by atoms with E-state index in [9.17, 15) is 4.79 Å². The van der Waals surface area contributed by atoms with Gasteiger partial charge in [-0.2, -0.15) is 0 Å². The minimum absolute atomic E-state index is 0. The third-order valence-corrected chi connectivity index (χ3v) is 4.88. The van der Waals surface area contributed by atoms with Gasteiger partial charge in [-0.3, -0.25) is 9.79 Å². The average molecular weight is 452 g/mol. The molecule has 3 saturated heterocycles. The van der Waals surface area contributed by atoms with Gasteiger partial charge in [0, 0.05) is 58.9 Å². The molecule has 3 rings (SSSR count). The molecule has 3 fully saturated rings. The van der Waals surface area contributed by atoms with E-state index in [2.05, 4.69) is 15.2 Å². The first kappa shape index (κ1) is 19.7. The number of nitrogens with one attached hydrogen (secondary N) is 1. The van der Waals surface area contributed by atoms with Gasteiger partial charge in [-0.1, -0.05) is 0 Å². The van der Waals surface area contributed by atoms with Crippen LogP contribution in [0.2, 0.25) is 0 Å². The van der Waals surface area contributed by atoms with E-state index < -0.39 is 0 Å². The van der Waals surface area contributed by atoms with E-state index in [1.54, 1.807) is 0 Å². The number of hydrogen-bond donors (Lipinski definition) is 1. The molecule has 3 aliphatic rings. The Morgan fingerprint density at radius 1 is 1.17 bits per heavy atom. The number of guanidine groups is 1. The summed E-state index contributed by atoms with van der Waals surface area (Å²) < 4.78 is 10.9. The Morgan fingerprint density at radius 2 is 1.92 bits per heavy atom. The summed E-state index contributed by atoms with van der Waals surface area (Å²) in [7, 11) is 1.82. The smallest absolute Gasteiger partial charge is 0.251 e. The molecule has 0 aromatic rings. The largest absolute Gasteiger partial charge is 0.381 e. The third kappa shape index (κ3) is 4.95. The van der Waals surface area contributed by atoms with Crippen molar-refractivity contribution in [2.75, 3.05) is 59.6 Å². The molecule has 0 saturated carbocycles. The zero-order valence-electron chi connectivity index (χ0n) is 14.4. The Morgan fingerprint density at radius 3 is 2.50 bits per heavy atom. The van der Waals surface area contributed by atoms with E-state index in [0.717, 1.165) is 77.8 Å². The highest BCUT2D eigenvalue weighted by Gasteiger charge is 2.31. The summed E-state index contributed by atoms with van der Waals surface area (Å²) in [5.41, 5.74) is 0. The molecule has 0 spiro atoms. The highest BCUT2D eigenvalue weighted by molar-refractivity contribution is 14.0. The van der Waals surface area contributed by atoms with Crippen molar-refractivity contribution in [1.29, 1.82) is 0 Å². The zero-order valence-corrected chi connectivity index (χ0v) is 16.7. The van der Waals surface area contributed by atoms with E-state index in [4.69, 9.17) is 9.47 Å². The van der Waals surface area contributed by atoms with Crippen molar-refractivity contribution >= 4 is 35.8 Å². The fourth-order valence-electron chi connectivity index (χ4n) is 3.43. The van der Waals surface area contributed by atoms with Crippen molar-refractivity contribution in [3.8, 4) is 0 Å². The van der Waals surface area contributed by atoms with Crippen LogP contribution < -0.4 is 5.32 Å². The summed E-state index contributed by atoms with van der Waals surface area (Å²) >= 11 is 0. The molecule has 0 radical (unpaired) electrons. The molecule has 0 aliphatic carbocycles. The summed E-state index contributed by atoms with van der Waals surface area (Å²) in [5, 5.41) is 3.45. The summed E-state index contributed by atoms with van der Waals surface area (Å²) in [6.07, 6.45) is 2.78. The Balaban J connectivity index is 0.00000208. The standard InChI is InChI=1S/C16H28N4O3.HI/c1-17-16(18-11-13-4-10-22-12-13)20-7-5-19(6-8-20)15(21)14-3-2-9-23-14;/h13-14H,2-12H2,1H3,(H,17,18);1H. The van der Waals surface area contributed by atoms with Gasteiger partial charge in [0.1, 0.15) is 6.10 Å². The number of piperazine rings is 1. The molecule has 1 amide bonds. The number of carbonyl (C=O) groups excluding carboxylic acids is 1. The molecule has 8 heteroatoms. The van der Waals surface area contributed by atoms with Gasteiger partial charge < -0.3 is 24.6 Å². The van der Waals surface area contributed by atoms with E-state index in [0.29, 0.717) is 5.92 Å². The lowest BCUT2D eigenvalue weighted by Gasteiger charge is -2.37. The van der Waals surface area contributed by atoms with Gasteiger partial charge in [0.05, 0.1) is 6.61 Å². The van der Waals surface area contributed by atoms with Gasteiger partial charge in [0.25, 0.3) is 5.91 Å². The first-order valence-electron chi connectivity index (χ1n) is 8.71. The van der Waals surface area contributed by atoms with Gasteiger partial charge in [-0.25, -0.2) is 0 Å². The van der Waals surface area contributed by atoms with Crippen LogP contribution in [0.3, 0.4) is 0 Å². The molecular formula is C16H29IN4O3. The van der Waals surface area contributed by atoms with E-state index >= 15 is 0 Å². The molecule has 138 valence electrons. The van der Waals surface area contributed by atoms with Crippen LogP contribution in [0.15, 0.2) is 4.99 Å². The van der Waals surface area contributed by atoms with Crippen LogP contribution >= 0.6 is 24.0 Å². The number of amides is 1. The van der Waals surface area contributed by atoms with Crippen LogP contribution in [0, 0.1) is 5.92 Å². The van der Waals surface area contributed by atoms with Gasteiger partial charge in [-0.05, 0) is 19.3 Å². The van der Waals surface area contributed by atoms with E-state index in [1.807, 2.05) is 11.9 Å². The lowest BCUT2D eigenvalue weighted by atomic mass is 10.1. The van der Waals surface area contributed by atoms with Gasteiger partial charge >= 0.3 is 0 Å². The second kappa shape index (κ2) is 9.76. The molecule has 0 bridgehead atoms. The molecule has 0 aromatic carbocycles. The predicted octanol–water partition coefficient (Wildman–Crippen LogP) is 0.540. The average Bonchev–Trinajstić information content (AvgIpc) is 3.29. The maximum Gasteiger partial charge on any atom is 0.251 e. The Kier molecular flexibility index (Phi) is 8.02. The second-order valence-corrected chi connectivity index (χ2v) is 6.47. The van der Waals surface area contributed by atoms with Crippen LogP contribution in [0.4, 0.5) is 0 Å². The third-order valence-electron chi connectivity index (χ3n) is 4.88. The highest BCUT2D eigenvalue weighted by atomic mass is 127. The van der Waals surface area contributed by atoms with Crippen molar-refractivity contribution in [1.82, 2.24) is 15.1 Å². The van der Waals surface area contributed by atoms with E-state index in [1.165, 1.54) is 0 Å². The molecule has 3 aliphatic heterocycles. The number of nitrogens with zero attached hydrogens (tertiary/aromatic N) is 3. The van der Waals surface area contributed by atoms with E-state index in [-0.39, 0.29) is 36.0 Å². The minimum atomic E-state index is -0.207. The summed E-state index contributed by atoms with van der Waals surface area (Å²) in [4.78, 5) is 20.9. The molecule has 7 nitrogen and oxygen atoms in total. The molecule has 2 unspecified atom stereocenters. The number of hydrogen-bond acceptors (Lipinski definition) is 4. The van der Waals surface area contributed by atoms with Crippen LogP contribution in [-0.4, -0.2) is 87.4 Å². The fourth-order valence-corrected chi connectivity index (χ4v) is 3.43. The van der Waals surface area contributed by atoms with Gasteiger partial charge in [0.15, 0.2) is 5.96 Å². The maximum absolute atomic E-state index is 12.4. The van der Waals surface area contributed by atoms with Crippen LogP contribution in [0.1, 0.15) is 19.3 Å². The number of carbonyl (C=O) groups is 1. The van der Waals surface area contributed by atoms with Crippen molar-refractivity contribution in [2.24, 2.45) is 10.9 Å². The fraction of sp³-hybridized carbons (Fsp3) is 0.875. The Labute approximate surface area is 161 Å². The lowest BCUT2D eigenvalue weighted by molar-refractivity contribution is -0.142. The van der Waals surface area contributed by atoms with Gasteiger partial charge in [-0.15, -0.1) is 24.0 Å². The van der Waals surface area contributed by atoms with Crippen LogP contribution in [-0.2, 0) is 14.3 Å². The first-order valence-corrected chi connectivity index (χ1v) is 8.71. The number of ether oxygens (including phenoxy) is 2. The Hall–Kier alpha value is -0.610. The SMILES string of the molecule is CN=C(NCC1CCOC1)N1CCN(C(=O)C2CCCO2)CC1.I. The van der Waals surface area contributed by atoms with Gasteiger partial charge in [0.2, 0.25) is 0 Å². The quantitative estimate of drug-likeness (QED) is 0.385. The molecule has 1 N–H and O–H groups in total. The maximum atomic E-state index is 12.4. The zero-order chi connectivity index (χ0) is 16.1. The van der Waals surface area contributed by atoms with Crippen molar-refractivity contribution in [3.63, 3.8) is 0 Å². The Bertz CT molecular complexity index is 429. The van der Waals surface area contributed by atoms with Crippen LogP contribution in [0.25, 0.3) is 0 Å². The van der Waals surface area contributed by atoms with Crippen molar-refractivity contribution in [2.45, 2.75) is 25.4 Å². The minimum Gasteiger partial charge on any atom is -0.381 e.